The summed E-state index contributed by atoms with van der Waals surface area (Å²) in [5, 5.41) is 0. The van der Waals surface area contributed by atoms with Crippen molar-refractivity contribution in [1.29, 1.82) is 0 Å². The monoisotopic (exact) mass is 288 g/mol. The number of nitrogens with two attached hydrogens (primary N) is 1. The summed E-state index contributed by atoms with van der Waals surface area (Å²) in [5.41, 5.74) is 8.91. The smallest absolute Gasteiger partial charge is 0.131 e. The molecule has 2 rings (SSSR count). The number of aryl methyl sites for hydroxylation is 1. The van der Waals surface area contributed by atoms with Gasteiger partial charge in [-0.25, -0.2) is 4.99 Å². The van der Waals surface area contributed by atoms with E-state index in [2.05, 4.69) is 20.9 Å². The van der Waals surface area contributed by atoms with Crippen molar-refractivity contribution in [1.82, 2.24) is 0 Å². The van der Waals surface area contributed by atoms with Crippen molar-refractivity contribution in [3.8, 4) is 0 Å². The lowest BCUT2D eigenvalue weighted by molar-refractivity contribution is 1.36. The highest BCUT2D eigenvalue weighted by Crippen LogP contribution is 2.23. The molecular formula is C14H13BrN2. The number of hydrogen-bond acceptors (Lipinski definition) is 1. The summed E-state index contributed by atoms with van der Waals surface area (Å²) in [6, 6.07) is 15.7. The van der Waals surface area contributed by atoms with Crippen LogP contribution in [0.3, 0.4) is 0 Å². The van der Waals surface area contributed by atoms with Crippen LogP contribution < -0.4 is 5.73 Å². The first-order valence-electron chi connectivity index (χ1n) is 5.32. The summed E-state index contributed by atoms with van der Waals surface area (Å²) in [6.07, 6.45) is 0. The minimum atomic E-state index is 0.538. The van der Waals surface area contributed by atoms with Crippen LogP contribution in [-0.2, 0) is 0 Å². The highest BCUT2D eigenvalue weighted by atomic mass is 79.9. The zero-order chi connectivity index (χ0) is 12.3. The van der Waals surface area contributed by atoms with Gasteiger partial charge in [0.05, 0.1) is 5.69 Å². The molecule has 2 nitrogen and oxygen atoms in total. The first-order valence-corrected chi connectivity index (χ1v) is 6.12. The third-order valence-electron chi connectivity index (χ3n) is 2.47. The Kier molecular flexibility index (Phi) is 3.59. The van der Waals surface area contributed by atoms with Gasteiger partial charge in [0.1, 0.15) is 5.84 Å². The lowest BCUT2D eigenvalue weighted by atomic mass is 10.2. The van der Waals surface area contributed by atoms with Gasteiger partial charge in [0.2, 0.25) is 0 Å². The largest absolute Gasteiger partial charge is 0.383 e. The van der Waals surface area contributed by atoms with Crippen molar-refractivity contribution in [3.05, 3.63) is 64.1 Å². The second-order valence-electron chi connectivity index (χ2n) is 3.79. The van der Waals surface area contributed by atoms with Gasteiger partial charge in [0.15, 0.2) is 0 Å². The van der Waals surface area contributed by atoms with Crippen molar-refractivity contribution in [2.75, 3.05) is 0 Å². The van der Waals surface area contributed by atoms with Crippen LogP contribution in [0.25, 0.3) is 0 Å². The lowest BCUT2D eigenvalue weighted by Gasteiger charge is -2.04. The molecule has 0 heterocycles. The Morgan fingerprint density at radius 3 is 2.47 bits per heavy atom. The van der Waals surface area contributed by atoms with Gasteiger partial charge in [0.25, 0.3) is 0 Å². The molecule has 2 aromatic rings. The fourth-order valence-electron chi connectivity index (χ4n) is 1.55. The maximum Gasteiger partial charge on any atom is 0.131 e. The highest BCUT2D eigenvalue weighted by molar-refractivity contribution is 9.10. The number of rotatable bonds is 2. The predicted octanol–water partition coefficient (Wildman–Crippen LogP) is 3.79. The summed E-state index contributed by atoms with van der Waals surface area (Å²) in [5.74, 6) is 0.538. The number of aliphatic imine (C=N–C) groups is 1. The van der Waals surface area contributed by atoms with E-state index < -0.39 is 0 Å². The van der Waals surface area contributed by atoms with Gasteiger partial charge in [-0.15, -0.1) is 0 Å². The third-order valence-corrected chi connectivity index (χ3v) is 2.96. The molecule has 0 atom stereocenters. The summed E-state index contributed by atoms with van der Waals surface area (Å²) in [7, 11) is 0. The van der Waals surface area contributed by atoms with Gasteiger partial charge in [-0.05, 0) is 30.7 Å². The third kappa shape index (κ3) is 2.94. The Bertz CT molecular complexity index is 547. The second kappa shape index (κ2) is 5.15. The Morgan fingerprint density at radius 1 is 1.12 bits per heavy atom. The topological polar surface area (TPSA) is 38.4 Å². The summed E-state index contributed by atoms with van der Waals surface area (Å²) >= 11 is 3.43. The number of hydrogen-bond donors (Lipinski definition) is 1. The average Bonchev–Trinajstić information content (AvgIpc) is 2.34. The van der Waals surface area contributed by atoms with Crippen molar-refractivity contribution < 1.29 is 0 Å². The van der Waals surface area contributed by atoms with Crippen LogP contribution in [-0.4, -0.2) is 5.84 Å². The maximum atomic E-state index is 5.97. The van der Waals surface area contributed by atoms with E-state index in [1.807, 2.05) is 55.5 Å². The maximum absolute atomic E-state index is 5.97. The summed E-state index contributed by atoms with van der Waals surface area (Å²) in [6.45, 7) is 2.02. The van der Waals surface area contributed by atoms with Gasteiger partial charge in [-0.2, -0.15) is 0 Å². The Hall–Kier alpha value is -1.61. The SMILES string of the molecule is Cc1cc(Br)ccc1N=C(N)c1ccccc1. The van der Waals surface area contributed by atoms with Crippen LogP contribution in [0.5, 0.6) is 0 Å². The van der Waals surface area contributed by atoms with Crippen LogP contribution in [0.4, 0.5) is 5.69 Å². The van der Waals surface area contributed by atoms with E-state index in [0.717, 1.165) is 21.3 Å². The molecule has 0 aliphatic rings. The Balaban J connectivity index is 2.36. The number of halogens is 1. The molecule has 0 fully saturated rings. The molecule has 0 radical (unpaired) electrons. The van der Waals surface area contributed by atoms with Gasteiger partial charge in [-0.1, -0.05) is 46.3 Å². The summed E-state index contributed by atoms with van der Waals surface area (Å²) in [4.78, 5) is 4.44. The predicted molar refractivity (Wildman–Crippen MR) is 75.7 cm³/mol. The molecule has 0 aliphatic heterocycles. The molecule has 0 amide bonds. The normalized spacial score (nSPS) is 11.5. The number of nitrogens with zero attached hydrogens (tertiary/aromatic N) is 1. The quantitative estimate of drug-likeness (QED) is 0.663. The fourth-order valence-corrected chi connectivity index (χ4v) is 2.02. The van der Waals surface area contributed by atoms with Gasteiger partial charge < -0.3 is 5.73 Å². The van der Waals surface area contributed by atoms with E-state index in [4.69, 9.17) is 5.73 Å². The van der Waals surface area contributed by atoms with Crippen molar-refractivity contribution in [3.63, 3.8) is 0 Å². The number of benzene rings is 2. The molecule has 0 unspecified atom stereocenters. The number of amidine groups is 1. The molecule has 0 saturated carbocycles. The van der Waals surface area contributed by atoms with Gasteiger partial charge in [0, 0.05) is 10.0 Å². The fraction of sp³-hybridized carbons (Fsp3) is 0.0714. The van der Waals surface area contributed by atoms with Crippen LogP contribution in [0.1, 0.15) is 11.1 Å². The molecule has 86 valence electrons. The van der Waals surface area contributed by atoms with E-state index in [0.29, 0.717) is 5.84 Å². The Morgan fingerprint density at radius 2 is 1.82 bits per heavy atom. The zero-order valence-electron chi connectivity index (χ0n) is 9.52. The van der Waals surface area contributed by atoms with Gasteiger partial charge >= 0.3 is 0 Å². The summed E-state index contributed by atoms with van der Waals surface area (Å²) < 4.78 is 1.05. The van der Waals surface area contributed by atoms with E-state index >= 15 is 0 Å². The van der Waals surface area contributed by atoms with Crippen LogP contribution in [0.15, 0.2) is 58.0 Å². The molecule has 0 spiro atoms. The van der Waals surface area contributed by atoms with Gasteiger partial charge in [-0.3, -0.25) is 0 Å². The highest BCUT2D eigenvalue weighted by Gasteiger charge is 2.00. The zero-order valence-corrected chi connectivity index (χ0v) is 11.1. The second-order valence-corrected chi connectivity index (χ2v) is 4.71. The van der Waals surface area contributed by atoms with E-state index in [9.17, 15) is 0 Å². The minimum absolute atomic E-state index is 0.538. The van der Waals surface area contributed by atoms with Crippen LogP contribution >= 0.6 is 15.9 Å². The molecule has 3 heteroatoms. The average molecular weight is 289 g/mol. The first-order chi connectivity index (χ1) is 8.16. The Labute approximate surface area is 109 Å². The molecule has 0 saturated heterocycles. The van der Waals surface area contributed by atoms with Crippen molar-refractivity contribution in [2.45, 2.75) is 6.92 Å². The molecule has 17 heavy (non-hydrogen) atoms. The molecule has 0 bridgehead atoms. The molecule has 0 aromatic heterocycles. The molecule has 2 aromatic carbocycles. The van der Waals surface area contributed by atoms with Crippen molar-refractivity contribution >= 4 is 27.5 Å². The molecular weight excluding hydrogens is 276 g/mol. The van der Waals surface area contributed by atoms with Crippen LogP contribution in [0, 0.1) is 6.92 Å². The molecule has 2 N–H and O–H groups in total. The van der Waals surface area contributed by atoms with E-state index in [1.54, 1.807) is 0 Å². The molecule has 0 aliphatic carbocycles. The van der Waals surface area contributed by atoms with Crippen molar-refractivity contribution in [2.24, 2.45) is 10.7 Å². The van der Waals surface area contributed by atoms with E-state index in [1.165, 1.54) is 0 Å². The standard InChI is InChI=1S/C14H13BrN2/c1-10-9-12(15)7-8-13(10)17-14(16)11-5-3-2-4-6-11/h2-9H,1H3,(H2,16,17). The first kappa shape index (κ1) is 11.9. The lowest BCUT2D eigenvalue weighted by Crippen LogP contribution is -2.12. The minimum Gasteiger partial charge on any atom is -0.383 e. The van der Waals surface area contributed by atoms with E-state index in [-0.39, 0.29) is 0 Å². The van der Waals surface area contributed by atoms with Crippen LogP contribution in [0.2, 0.25) is 0 Å².